The molecule has 6 aromatic rings. The maximum atomic E-state index is 13.0. The van der Waals surface area contributed by atoms with Crippen molar-refractivity contribution < 1.29 is 24.3 Å². The Bertz CT molecular complexity index is 1810. The molecular weight excluding hydrogens is 711 g/mol. The van der Waals surface area contributed by atoms with Crippen molar-refractivity contribution in [1.29, 1.82) is 0 Å². The molecule has 57 heavy (non-hydrogen) atoms. The van der Waals surface area contributed by atoms with Gasteiger partial charge in [-0.3, -0.25) is 19.2 Å². The number of carbonyl (C=O) groups excluding carboxylic acids is 3. The van der Waals surface area contributed by atoms with Gasteiger partial charge in [0.25, 0.3) is 0 Å². The highest BCUT2D eigenvalue weighted by Crippen LogP contribution is 2.38. The Labute approximate surface area is 335 Å². The average Bonchev–Trinajstić information content (AvgIpc) is 3.24. The van der Waals surface area contributed by atoms with Gasteiger partial charge in [-0.15, -0.1) is 0 Å². The maximum absolute atomic E-state index is 13.0. The molecule has 0 radical (unpaired) electrons. The molecular formula is C49H51N3O5. The highest BCUT2D eigenvalue weighted by molar-refractivity contribution is 5.86. The molecule has 0 bridgehead atoms. The largest absolute Gasteiger partial charge is 0.481 e. The van der Waals surface area contributed by atoms with Crippen LogP contribution in [0.15, 0.2) is 182 Å². The molecule has 3 amide bonds. The number of primary amides is 1. The highest BCUT2D eigenvalue weighted by Gasteiger charge is 2.39. The predicted molar refractivity (Wildman–Crippen MR) is 226 cm³/mol. The lowest BCUT2D eigenvalue weighted by Crippen LogP contribution is -2.48. The number of carbonyl (C=O) groups is 4. The van der Waals surface area contributed by atoms with Crippen LogP contribution in [-0.4, -0.2) is 28.8 Å². The third-order valence-corrected chi connectivity index (χ3v) is 9.79. The standard InChI is InChI=1S/C24H24N2O2.C24H23NO3.CH4/c1-18(23(25)28)17-22(27)26-24(19-11-5-2-6-12-19,20-13-7-3-8-14-20)21-15-9-4-10-16-21;1-18(23(27)28)17-22(26)25-24(19-11-5-2-6-12-19,20-13-7-3-8-14-20)21-15-9-4-10-16-21;/h2-16,18H,17H2,1H3,(H2,25,28)(H,26,27);2-16,18H,17H2,1H3,(H,25,26)(H,27,28);1H4/t2*18-;/m00./s1. The van der Waals surface area contributed by atoms with E-state index in [9.17, 15) is 24.3 Å². The van der Waals surface area contributed by atoms with Crippen molar-refractivity contribution in [3.8, 4) is 0 Å². The molecule has 0 aliphatic carbocycles. The molecule has 8 nitrogen and oxygen atoms in total. The maximum Gasteiger partial charge on any atom is 0.306 e. The molecule has 0 unspecified atom stereocenters. The number of nitrogens with one attached hydrogen (secondary N) is 2. The summed E-state index contributed by atoms with van der Waals surface area (Å²) in [5.74, 6) is -3.32. The molecule has 292 valence electrons. The Hall–Kier alpha value is -6.80. The Morgan fingerprint density at radius 3 is 0.860 bits per heavy atom. The van der Waals surface area contributed by atoms with Gasteiger partial charge in [0.2, 0.25) is 17.7 Å². The smallest absolute Gasteiger partial charge is 0.306 e. The van der Waals surface area contributed by atoms with Gasteiger partial charge in [-0.2, -0.15) is 0 Å². The van der Waals surface area contributed by atoms with E-state index < -0.39 is 34.8 Å². The van der Waals surface area contributed by atoms with Gasteiger partial charge >= 0.3 is 5.97 Å². The normalized spacial score (nSPS) is 12.0. The molecule has 0 fully saturated rings. The molecule has 8 heteroatoms. The van der Waals surface area contributed by atoms with Crippen molar-refractivity contribution in [1.82, 2.24) is 10.6 Å². The Kier molecular flexibility index (Phi) is 15.2. The van der Waals surface area contributed by atoms with Crippen molar-refractivity contribution in [2.24, 2.45) is 17.6 Å². The van der Waals surface area contributed by atoms with E-state index in [0.29, 0.717) is 0 Å². The molecule has 0 saturated heterocycles. The second-order valence-electron chi connectivity index (χ2n) is 13.7. The van der Waals surface area contributed by atoms with E-state index in [1.807, 2.05) is 182 Å². The van der Waals surface area contributed by atoms with Crippen LogP contribution in [0, 0.1) is 11.8 Å². The molecule has 0 heterocycles. The zero-order valence-electron chi connectivity index (χ0n) is 31.5. The average molecular weight is 762 g/mol. The van der Waals surface area contributed by atoms with Crippen LogP contribution in [0.5, 0.6) is 0 Å². The number of hydrogen-bond acceptors (Lipinski definition) is 4. The summed E-state index contributed by atoms with van der Waals surface area (Å²) in [6.07, 6.45) is -0.0623. The molecule has 0 aliphatic heterocycles. The van der Waals surface area contributed by atoms with Crippen LogP contribution in [0.25, 0.3) is 0 Å². The SMILES string of the molecule is C.C[C@@H](CC(=O)NC(c1ccccc1)(c1ccccc1)c1ccccc1)C(=O)O.C[C@@H](CC(=O)NC(c1ccccc1)(c1ccccc1)c1ccccc1)C(N)=O. The number of aliphatic carboxylic acids is 1. The Morgan fingerprint density at radius 2 is 0.667 bits per heavy atom. The van der Waals surface area contributed by atoms with Crippen molar-refractivity contribution in [3.63, 3.8) is 0 Å². The lowest BCUT2D eigenvalue weighted by atomic mass is 9.76. The number of benzene rings is 6. The minimum Gasteiger partial charge on any atom is -0.481 e. The van der Waals surface area contributed by atoms with Crippen LogP contribution in [0.1, 0.15) is 67.5 Å². The second kappa shape index (κ2) is 20.2. The van der Waals surface area contributed by atoms with Gasteiger partial charge in [-0.05, 0) is 33.4 Å². The number of carboxylic acid groups (broad SMARTS) is 1. The molecule has 2 atom stereocenters. The number of nitrogens with two attached hydrogens (primary N) is 1. The van der Waals surface area contributed by atoms with E-state index in [1.54, 1.807) is 6.92 Å². The second-order valence-corrected chi connectivity index (χ2v) is 13.7. The number of hydrogen-bond donors (Lipinski definition) is 4. The van der Waals surface area contributed by atoms with Gasteiger partial charge in [-0.25, -0.2) is 0 Å². The van der Waals surface area contributed by atoms with Crippen molar-refractivity contribution in [2.75, 3.05) is 0 Å². The topological polar surface area (TPSA) is 139 Å². The van der Waals surface area contributed by atoms with Crippen LogP contribution in [0.2, 0.25) is 0 Å². The van der Waals surface area contributed by atoms with Crippen molar-refractivity contribution in [3.05, 3.63) is 215 Å². The highest BCUT2D eigenvalue weighted by atomic mass is 16.4. The summed E-state index contributed by atoms with van der Waals surface area (Å²) in [5.41, 5.74) is 9.10. The van der Waals surface area contributed by atoms with Gasteiger partial charge in [0.1, 0.15) is 11.1 Å². The lowest BCUT2D eigenvalue weighted by Gasteiger charge is -2.37. The first-order valence-electron chi connectivity index (χ1n) is 18.5. The first-order chi connectivity index (χ1) is 27.1. The fraction of sp³-hybridized carbons (Fsp3) is 0.184. The van der Waals surface area contributed by atoms with E-state index in [2.05, 4.69) is 10.6 Å². The molecule has 6 rings (SSSR count). The summed E-state index contributed by atoms with van der Waals surface area (Å²) in [6, 6.07) is 58.8. The van der Waals surface area contributed by atoms with Crippen molar-refractivity contribution >= 4 is 23.7 Å². The number of rotatable bonds is 14. The van der Waals surface area contributed by atoms with Gasteiger partial charge in [0.15, 0.2) is 0 Å². The lowest BCUT2D eigenvalue weighted by molar-refractivity contribution is -0.143. The molecule has 0 aliphatic rings. The van der Waals surface area contributed by atoms with Gasteiger partial charge < -0.3 is 21.5 Å². The van der Waals surface area contributed by atoms with Crippen LogP contribution < -0.4 is 16.4 Å². The quantitative estimate of drug-likeness (QED) is 0.0826. The van der Waals surface area contributed by atoms with Gasteiger partial charge in [0.05, 0.1) is 5.92 Å². The van der Waals surface area contributed by atoms with E-state index in [4.69, 9.17) is 5.73 Å². The Balaban J connectivity index is 0.000000248. The molecule has 0 spiro atoms. The van der Waals surface area contributed by atoms with Crippen LogP contribution in [0.3, 0.4) is 0 Å². The van der Waals surface area contributed by atoms with E-state index >= 15 is 0 Å². The molecule has 0 saturated carbocycles. The van der Waals surface area contributed by atoms with Gasteiger partial charge in [0, 0.05) is 18.8 Å². The fourth-order valence-corrected chi connectivity index (χ4v) is 6.83. The first kappa shape index (κ1) is 42.9. The zero-order chi connectivity index (χ0) is 40.0. The minimum absolute atomic E-state index is 0. The monoisotopic (exact) mass is 761 g/mol. The summed E-state index contributed by atoms with van der Waals surface area (Å²) in [7, 11) is 0. The molecule has 0 aromatic heterocycles. The molecule has 5 N–H and O–H groups in total. The zero-order valence-corrected chi connectivity index (χ0v) is 31.5. The fourth-order valence-electron chi connectivity index (χ4n) is 6.83. The van der Waals surface area contributed by atoms with Crippen LogP contribution >= 0.6 is 0 Å². The third-order valence-electron chi connectivity index (χ3n) is 9.79. The van der Waals surface area contributed by atoms with E-state index in [-0.39, 0.29) is 32.1 Å². The number of amides is 3. The third kappa shape index (κ3) is 10.3. The summed E-state index contributed by atoms with van der Waals surface area (Å²) in [4.78, 5) is 48.6. The summed E-state index contributed by atoms with van der Waals surface area (Å²) >= 11 is 0. The first-order valence-corrected chi connectivity index (χ1v) is 18.5. The number of carboxylic acids is 1. The van der Waals surface area contributed by atoms with Crippen molar-refractivity contribution in [2.45, 2.75) is 45.2 Å². The van der Waals surface area contributed by atoms with E-state index in [1.165, 1.54) is 6.92 Å². The summed E-state index contributed by atoms with van der Waals surface area (Å²) in [5, 5.41) is 15.6. The van der Waals surface area contributed by atoms with Crippen LogP contribution in [0.4, 0.5) is 0 Å². The predicted octanol–water partition coefficient (Wildman–Crippen LogP) is 8.45. The minimum atomic E-state index is -0.986. The summed E-state index contributed by atoms with van der Waals surface area (Å²) < 4.78 is 0. The van der Waals surface area contributed by atoms with E-state index in [0.717, 1.165) is 33.4 Å². The Morgan fingerprint density at radius 1 is 0.456 bits per heavy atom. The van der Waals surface area contributed by atoms with Gasteiger partial charge in [-0.1, -0.05) is 203 Å². The summed E-state index contributed by atoms with van der Waals surface area (Å²) in [6.45, 7) is 3.20. The molecule has 6 aromatic carbocycles. The van der Waals surface area contributed by atoms with Crippen LogP contribution in [-0.2, 0) is 30.3 Å².